The molecule has 2 aromatic carbocycles. The van der Waals surface area contributed by atoms with Crippen molar-refractivity contribution in [1.82, 2.24) is 5.16 Å². The Labute approximate surface area is 155 Å². The Balaban J connectivity index is 1.78. The predicted octanol–water partition coefficient (Wildman–Crippen LogP) is 3.82. The van der Waals surface area contributed by atoms with Crippen molar-refractivity contribution in [3.05, 3.63) is 76.7 Å². The third-order valence-corrected chi connectivity index (χ3v) is 4.05. The molecule has 0 aliphatic carbocycles. The summed E-state index contributed by atoms with van der Waals surface area (Å²) < 4.78 is 10.9. The Hall–Kier alpha value is -3.61. The summed E-state index contributed by atoms with van der Waals surface area (Å²) in [7, 11) is 0. The van der Waals surface area contributed by atoms with Gasteiger partial charge in [-0.1, -0.05) is 23.4 Å². The molecule has 1 aromatic heterocycles. The molecule has 0 bridgehead atoms. The van der Waals surface area contributed by atoms with Gasteiger partial charge in [0.1, 0.15) is 18.1 Å². The molecule has 0 aliphatic rings. The van der Waals surface area contributed by atoms with Gasteiger partial charge in [-0.25, -0.2) is 4.79 Å². The van der Waals surface area contributed by atoms with E-state index in [2.05, 4.69) is 10.5 Å². The topological polar surface area (TPSA) is 102 Å². The molecular formula is C20H18N2O5. The second kappa shape index (κ2) is 7.74. The summed E-state index contributed by atoms with van der Waals surface area (Å²) in [6.45, 7) is 3.84. The molecule has 0 atom stereocenters. The molecule has 0 unspecified atom stereocenters. The van der Waals surface area contributed by atoms with Gasteiger partial charge in [0.15, 0.2) is 0 Å². The standard InChI is InChI=1S/C20H18N2O5/c1-12-17(13(2)27-22-12)11-26-18-9-4-3-8-16(18)19(23)21-15-7-5-6-14(10-15)20(24)25/h3-10H,11H2,1-2H3,(H,21,23)(H,24,25). The third kappa shape index (κ3) is 4.14. The van der Waals surface area contributed by atoms with Crippen molar-refractivity contribution in [3.8, 4) is 5.75 Å². The van der Waals surface area contributed by atoms with E-state index in [0.29, 0.717) is 22.8 Å². The van der Waals surface area contributed by atoms with Crippen LogP contribution in [0, 0.1) is 13.8 Å². The van der Waals surface area contributed by atoms with Crippen LogP contribution in [-0.4, -0.2) is 22.1 Å². The average Bonchev–Trinajstić information content (AvgIpc) is 2.98. The molecule has 1 heterocycles. The van der Waals surface area contributed by atoms with Crippen LogP contribution in [0.4, 0.5) is 5.69 Å². The Kier molecular flexibility index (Phi) is 5.21. The van der Waals surface area contributed by atoms with E-state index in [9.17, 15) is 9.59 Å². The van der Waals surface area contributed by atoms with E-state index in [-0.39, 0.29) is 12.2 Å². The minimum atomic E-state index is -1.06. The first-order chi connectivity index (χ1) is 13.0. The van der Waals surface area contributed by atoms with E-state index in [1.54, 1.807) is 43.3 Å². The number of anilines is 1. The van der Waals surface area contributed by atoms with Crippen LogP contribution in [0.2, 0.25) is 0 Å². The molecule has 27 heavy (non-hydrogen) atoms. The Morgan fingerprint density at radius 1 is 1.15 bits per heavy atom. The second-order valence-electron chi connectivity index (χ2n) is 5.93. The van der Waals surface area contributed by atoms with Crippen molar-refractivity contribution in [3.63, 3.8) is 0 Å². The Morgan fingerprint density at radius 2 is 1.93 bits per heavy atom. The van der Waals surface area contributed by atoms with E-state index >= 15 is 0 Å². The molecule has 2 N–H and O–H groups in total. The molecule has 3 rings (SSSR count). The highest BCUT2D eigenvalue weighted by molar-refractivity contribution is 6.06. The van der Waals surface area contributed by atoms with Crippen molar-refractivity contribution in [2.75, 3.05) is 5.32 Å². The molecular weight excluding hydrogens is 348 g/mol. The average molecular weight is 366 g/mol. The Bertz CT molecular complexity index is 974. The van der Waals surface area contributed by atoms with E-state index in [4.69, 9.17) is 14.4 Å². The summed E-state index contributed by atoms with van der Waals surface area (Å²) in [6, 6.07) is 12.9. The molecule has 0 saturated heterocycles. The maximum atomic E-state index is 12.6. The number of carboxylic acid groups (broad SMARTS) is 1. The van der Waals surface area contributed by atoms with Crippen molar-refractivity contribution < 1.29 is 24.0 Å². The van der Waals surface area contributed by atoms with E-state index in [1.165, 1.54) is 12.1 Å². The first-order valence-corrected chi connectivity index (χ1v) is 8.24. The number of hydrogen-bond acceptors (Lipinski definition) is 5. The number of benzene rings is 2. The van der Waals surface area contributed by atoms with Crippen LogP contribution in [0.15, 0.2) is 53.1 Å². The lowest BCUT2D eigenvalue weighted by Crippen LogP contribution is -2.14. The van der Waals surface area contributed by atoms with E-state index in [0.717, 1.165) is 11.3 Å². The summed E-state index contributed by atoms with van der Waals surface area (Å²) in [6.07, 6.45) is 0. The Morgan fingerprint density at radius 3 is 2.63 bits per heavy atom. The SMILES string of the molecule is Cc1noc(C)c1COc1ccccc1C(=O)Nc1cccc(C(=O)O)c1. The largest absolute Gasteiger partial charge is 0.488 e. The van der Waals surface area contributed by atoms with Crippen LogP contribution < -0.4 is 10.1 Å². The number of hydrogen-bond donors (Lipinski definition) is 2. The normalized spacial score (nSPS) is 10.4. The summed E-state index contributed by atoms with van der Waals surface area (Å²) >= 11 is 0. The minimum Gasteiger partial charge on any atom is -0.488 e. The van der Waals surface area contributed by atoms with Gasteiger partial charge in [0.2, 0.25) is 0 Å². The molecule has 0 fully saturated rings. The maximum absolute atomic E-state index is 12.6. The molecule has 1 amide bonds. The van der Waals surface area contributed by atoms with Gasteiger partial charge in [-0.3, -0.25) is 4.79 Å². The van der Waals surface area contributed by atoms with Crippen LogP contribution in [0.3, 0.4) is 0 Å². The summed E-state index contributed by atoms with van der Waals surface area (Å²) in [4.78, 5) is 23.7. The molecule has 0 spiro atoms. The number of nitrogens with zero attached hydrogens (tertiary/aromatic N) is 1. The number of para-hydroxylation sites is 1. The molecule has 0 radical (unpaired) electrons. The van der Waals surface area contributed by atoms with Crippen LogP contribution in [0.1, 0.15) is 37.7 Å². The van der Waals surface area contributed by atoms with Crippen LogP contribution >= 0.6 is 0 Å². The summed E-state index contributed by atoms with van der Waals surface area (Å²) in [5, 5.41) is 15.6. The number of nitrogens with one attached hydrogen (secondary N) is 1. The van der Waals surface area contributed by atoms with Gasteiger partial charge >= 0.3 is 5.97 Å². The van der Waals surface area contributed by atoms with Crippen molar-refractivity contribution >= 4 is 17.6 Å². The van der Waals surface area contributed by atoms with Crippen molar-refractivity contribution in [2.24, 2.45) is 0 Å². The maximum Gasteiger partial charge on any atom is 0.335 e. The molecule has 3 aromatic rings. The highest BCUT2D eigenvalue weighted by Crippen LogP contribution is 2.23. The molecule has 0 aliphatic heterocycles. The van der Waals surface area contributed by atoms with Crippen LogP contribution in [-0.2, 0) is 6.61 Å². The predicted molar refractivity (Wildman–Crippen MR) is 98.1 cm³/mol. The smallest absolute Gasteiger partial charge is 0.335 e. The van der Waals surface area contributed by atoms with Crippen molar-refractivity contribution in [1.29, 1.82) is 0 Å². The number of aryl methyl sites for hydroxylation is 2. The zero-order valence-electron chi connectivity index (χ0n) is 14.9. The second-order valence-corrected chi connectivity index (χ2v) is 5.93. The molecule has 0 saturated carbocycles. The fraction of sp³-hybridized carbons (Fsp3) is 0.150. The molecule has 7 nitrogen and oxygen atoms in total. The van der Waals surface area contributed by atoms with Gasteiger partial charge in [-0.15, -0.1) is 0 Å². The lowest BCUT2D eigenvalue weighted by molar-refractivity contribution is 0.0696. The number of ether oxygens (including phenoxy) is 1. The highest BCUT2D eigenvalue weighted by atomic mass is 16.5. The van der Waals surface area contributed by atoms with Gasteiger partial charge in [-0.05, 0) is 44.2 Å². The third-order valence-electron chi connectivity index (χ3n) is 4.05. The number of carbonyl (C=O) groups excluding carboxylic acids is 1. The summed E-state index contributed by atoms with van der Waals surface area (Å²) in [5.41, 5.74) is 2.39. The van der Waals surface area contributed by atoms with Gasteiger partial charge in [-0.2, -0.15) is 0 Å². The van der Waals surface area contributed by atoms with Gasteiger partial charge in [0.05, 0.1) is 22.4 Å². The van der Waals surface area contributed by atoms with Crippen molar-refractivity contribution in [2.45, 2.75) is 20.5 Å². The van der Waals surface area contributed by atoms with E-state index in [1.807, 2.05) is 6.92 Å². The first-order valence-electron chi connectivity index (χ1n) is 8.24. The zero-order valence-corrected chi connectivity index (χ0v) is 14.9. The first kappa shape index (κ1) is 18.2. The van der Waals surface area contributed by atoms with Crippen LogP contribution in [0.5, 0.6) is 5.75 Å². The van der Waals surface area contributed by atoms with Gasteiger partial charge < -0.3 is 19.7 Å². The quantitative estimate of drug-likeness (QED) is 0.688. The molecule has 7 heteroatoms. The number of rotatable bonds is 6. The van der Waals surface area contributed by atoms with Crippen LogP contribution in [0.25, 0.3) is 0 Å². The highest BCUT2D eigenvalue weighted by Gasteiger charge is 2.15. The van der Waals surface area contributed by atoms with Gasteiger partial charge in [0, 0.05) is 5.69 Å². The lowest BCUT2D eigenvalue weighted by Gasteiger charge is -2.12. The number of aromatic carboxylic acids is 1. The number of aromatic nitrogens is 1. The minimum absolute atomic E-state index is 0.0933. The number of carboxylic acids is 1. The monoisotopic (exact) mass is 366 g/mol. The number of carbonyl (C=O) groups is 2. The summed E-state index contributed by atoms with van der Waals surface area (Å²) in [5.74, 6) is -0.384. The fourth-order valence-corrected chi connectivity index (χ4v) is 2.57. The van der Waals surface area contributed by atoms with Gasteiger partial charge in [0.25, 0.3) is 5.91 Å². The fourth-order valence-electron chi connectivity index (χ4n) is 2.57. The number of amides is 1. The zero-order chi connectivity index (χ0) is 19.4. The lowest BCUT2D eigenvalue weighted by atomic mass is 10.1. The van der Waals surface area contributed by atoms with E-state index < -0.39 is 11.9 Å². The molecule has 138 valence electrons.